The van der Waals surface area contributed by atoms with Crippen molar-refractivity contribution in [2.24, 2.45) is 0 Å². The maximum atomic E-state index is 5.18. The smallest absolute Gasteiger partial charge is 0.240 e. The van der Waals surface area contributed by atoms with Gasteiger partial charge in [-0.25, -0.2) is 0 Å². The van der Waals surface area contributed by atoms with Crippen molar-refractivity contribution in [2.45, 2.75) is 32.7 Å². The van der Waals surface area contributed by atoms with Crippen LogP contribution in [0.25, 0.3) is 0 Å². The van der Waals surface area contributed by atoms with Crippen LogP contribution in [0.2, 0.25) is 0 Å². The van der Waals surface area contributed by atoms with E-state index in [1.54, 1.807) is 0 Å². The molecular formula is C14H19N3O. The lowest BCUT2D eigenvalue weighted by Gasteiger charge is -1.97. The lowest BCUT2D eigenvalue weighted by Crippen LogP contribution is -2.13. The van der Waals surface area contributed by atoms with Gasteiger partial charge in [-0.2, -0.15) is 4.98 Å². The Morgan fingerprint density at radius 3 is 2.78 bits per heavy atom. The third kappa shape index (κ3) is 3.96. The molecule has 1 aromatic carbocycles. The molecule has 0 saturated carbocycles. The molecule has 4 nitrogen and oxygen atoms in total. The SMILES string of the molecule is CCCNCc1nc(CCc2ccccc2)no1. The zero-order valence-electron chi connectivity index (χ0n) is 10.7. The molecule has 0 radical (unpaired) electrons. The van der Waals surface area contributed by atoms with Gasteiger partial charge in [-0.15, -0.1) is 0 Å². The molecule has 2 rings (SSSR count). The fourth-order valence-corrected chi connectivity index (χ4v) is 1.74. The van der Waals surface area contributed by atoms with E-state index in [-0.39, 0.29) is 0 Å². The van der Waals surface area contributed by atoms with Crippen LogP contribution in [0.15, 0.2) is 34.9 Å². The lowest BCUT2D eigenvalue weighted by molar-refractivity contribution is 0.363. The summed E-state index contributed by atoms with van der Waals surface area (Å²) < 4.78 is 5.18. The van der Waals surface area contributed by atoms with Crippen molar-refractivity contribution in [2.75, 3.05) is 6.54 Å². The standard InChI is InChI=1S/C14H19N3O/c1-2-10-15-11-14-16-13(17-18-14)9-8-12-6-4-3-5-7-12/h3-7,15H,2,8-11H2,1H3. The van der Waals surface area contributed by atoms with Crippen molar-refractivity contribution in [3.05, 3.63) is 47.6 Å². The maximum absolute atomic E-state index is 5.18. The first-order valence-electron chi connectivity index (χ1n) is 6.44. The van der Waals surface area contributed by atoms with Gasteiger partial charge < -0.3 is 9.84 Å². The first-order chi connectivity index (χ1) is 8.88. The zero-order chi connectivity index (χ0) is 12.6. The van der Waals surface area contributed by atoms with Crippen molar-refractivity contribution >= 4 is 0 Å². The molecule has 1 heterocycles. The Morgan fingerprint density at radius 2 is 2.00 bits per heavy atom. The third-order valence-electron chi connectivity index (χ3n) is 2.69. The molecule has 2 aromatic rings. The summed E-state index contributed by atoms with van der Waals surface area (Å²) in [6.45, 7) is 3.76. The summed E-state index contributed by atoms with van der Waals surface area (Å²) in [4.78, 5) is 4.36. The Morgan fingerprint density at radius 1 is 1.17 bits per heavy atom. The normalized spacial score (nSPS) is 10.7. The summed E-state index contributed by atoms with van der Waals surface area (Å²) in [6, 6.07) is 10.3. The highest BCUT2D eigenvalue weighted by molar-refractivity contribution is 5.15. The van der Waals surface area contributed by atoms with E-state index in [0.29, 0.717) is 12.4 Å². The van der Waals surface area contributed by atoms with Gasteiger partial charge in [0, 0.05) is 6.42 Å². The number of nitrogens with one attached hydrogen (secondary N) is 1. The minimum Gasteiger partial charge on any atom is -0.338 e. The molecule has 96 valence electrons. The van der Waals surface area contributed by atoms with Gasteiger partial charge >= 0.3 is 0 Å². The molecule has 0 atom stereocenters. The summed E-state index contributed by atoms with van der Waals surface area (Å²) in [6.07, 6.45) is 2.87. The van der Waals surface area contributed by atoms with Gasteiger partial charge in [0.25, 0.3) is 0 Å². The minimum absolute atomic E-state index is 0.659. The molecule has 0 aliphatic heterocycles. The largest absolute Gasteiger partial charge is 0.338 e. The fourth-order valence-electron chi connectivity index (χ4n) is 1.74. The highest BCUT2D eigenvalue weighted by Crippen LogP contribution is 2.05. The van der Waals surface area contributed by atoms with Crippen molar-refractivity contribution in [1.29, 1.82) is 0 Å². The fraction of sp³-hybridized carbons (Fsp3) is 0.429. The number of aryl methyl sites for hydroxylation is 2. The predicted octanol–water partition coefficient (Wildman–Crippen LogP) is 2.35. The van der Waals surface area contributed by atoms with Gasteiger partial charge in [0.15, 0.2) is 5.82 Å². The molecule has 4 heteroatoms. The van der Waals surface area contributed by atoms with E-state index in [1.807, 2.05) is 18.2 Å². The summed E-state index contributed by atoms with van der Waals surface area (Å²) in [5.41, 5.74) is 1.30. The second-order valence-corrected chi connectivity index (χ2v) is 4.27. The van der Waals surface area contributed by atoms with Gasteiger partial charge in [0.1, 0.15) is 0 Å². The first kappa shape index (κ1) is 12.8. The molecule has 0 spiro atoms. The average molecular weight is 245 g/mol. The van der Waals surface area contributed by atoms with Gasteiger partial charge in [-0.1, -0.05) is 42.4 Å². The Hall–Kier alpha value is -1.68. The molecule has 0 amide bonds. The van der Waals surface area contributed by atoms with Gasteiger partial charge in [0.05, 0.1) is 6.54 Å². The van der Waals surface area contributed by atoms with Crippen LogP contribution in [0.5, 0.6) is 0 Å². The van der Waals surface area contributed by atoms with Crippen LogP contribution in [0.4, 0.5) is 0 Å². The molecule has 0 bridgehead atoms. The second-order valence-electron chi connectivity index (χ2n) is 4.27. The molecule has 1 aromatic heterocycles. The van der Waals surface area contributed by atoms with Crippen molar-refractivity contribution in [3.8, 4) is 0 Å². The first-order valence-corrected chi connectivity index (χ1v) is 6.44. The quantitative estimate of drug-likeness (QED) is 0.761. The van der Waals surface area contributed by atoms with Crippen LogP contribution in [-0.4, -0.2) is 16.7 Å². The van der Waals surface area contributed by atoms with Crippen LogP contribution >= 0.6 is 0 Å². The number of nitrogens with zero attached hydrogens (tertiary/aromatic N) is 2. The lowest BCUT2D eigenvalue weighted by atomic mass is 10.1. The van der Waals surface area contributed by atoms with Crippen molar-refractivity contribution < 1.29 is 4.52 Å². The Bertz CT molecular complexity index is 453. The van der Waals surface area contributed by atoms with Crippen LogP contribution in [-0.2, 0) is 19.4 Å². The van der Waals surface area contributed by atoms with E-state index >= 15 is 0 Å². The second kappa shape index (κ2) is 6.91. The molecular weight excluding hydrogens is 226 g/mol. The number of benzene rings is 1. The average Bonchev–Trinajstić information content (AvgIpc) is 2.86. The highest BCUT2D eigenvalue weighted by Gasteiger charge is 2.05. The molecule has 0 unspecified atom stereocenters. The summed E-state index contributed by atoms with van der Waals surface area (Å²) >= 11 is 0. The Labute approximate surface area is 107 Å². The van der Waals surface area contributed by atoms with Crippen LogP contribution < -0.4 is 5.32 Å². The molecule has 18 heavy (non-hydrogen) atoms. The maximum Gasteiger partial charge on any atom is 0.240 e. The highest BCUT2D eigenvalue weighted by atomic mass is 16.5. The van der Waals surface area contributed by atoms with Gasteiger partial charge in [-0.05, 0) is 24.9 Å². The monoisotopic (exact) mass is 245 g/mol. The van der Waals surface area contributed by atoms with E-state index in [4.69, 9.17) is 4.52 Å². The number of hydrogen-bond donors (Lipinski definition) is 1. The van der Waals surface area contributed by atoms with E-state index in [9.17, 15) is 0 Å². The Kier molecular flexibility index (Phi) is 4.90. The van der Waals surface area contributed by atoms with Crippen molar-refractivity contribution in [1.82, 2.24) is 15.5 Å². The zero-order valence-corrected chi connectivity index (χ0v) is 10.7. The molecule has 1 N–H and O–H groups in total. The van der Waals surface area contributed by atoms with Gasteiger partial charge in [0.2, 0.25) is 5.89 Å². The number of aromatic nitrogens is 2. The topological polar surface area (TPSA) is 51.0 Å². The van der Waals surface area contributed by atoms with Gasteiger partial charge in [-0.3, -0.25) is 0 Å². The summed E-state index contributed by atoms with van der Waals surface area (Å²) in [5, 5.41) is 7.23. The van der Waals surface area contributed by atoms with Crippen LogP contribution in [0.1, 0.15) is 30.6 Å². The molecule has 0 aliphatic carbocycles. The molecule has 0 aliphatic rings. The molecule has 0 fully saturated rings. The van der Waals surface area contributed by atoms with E-state index < -0.39 is 0 Å². The minimum atomic E-state index is 0.659. The summed E-state index contributed by atoms with van der Waals surface area (Å²) in [7, 11) is 0. The van der Waals surface area contributed by atoms with E-state index in [1.165, 1.54) is 5.56 Å². The molecule has 0 saturated heterocycles. The predicted molar refractivity (Wildman–Crippen MR) is 70.1 cm³/mol. The summed E-state index contributed by atoms with van der Waals surface area (Å²) in [5.74, 6) is 1.46. The van der Waals surface area contributed by atoms with Crippen LogP contribution in [0, 0.1) is 0 Å². The van der Waals surface area contributed by atoms with Crippen molar-refractivity contribution in [3.63, 3.8) is 0 Å². The Balaban J connectivity index is 1.80. The van der Waals surface area contributed by atoms with E-state index in [2.05, 4.69) is 34.5 Å². The van der Waals surface area contributed by atoms with E-state index in [0.717, 1.165) is 31.6 Å². The third-order valence-corrected chi connectivity index (χ3v) is 2.69. The number of hydrogen-bond acceptors (Lipinski definition) is 4. The number of rotatable bonds is 7. The van der Waals surface area contributed by atoms with Crippen LogP contribution in [0.3, 0.4) is 0 Å².